The van der Waals surface area contributed by atoms with Gasteiger partial charge in [0.05, 0.1) is 5.56 Å². The number of carbonyl (C=O) groups is 2. The number of benzene rings is 1. The van der Waals surface area contributed by atoms with Crippen LogP contribution in [0, 0.1) is 0 Å². The number of hydrogen-bond acceptors (Lipinski definition) is 3. The van der Waals surface area contributed by atoms with Gasteiger partial charge in [-0.15, -0.1) is 0 Å². The minimum absolute atomic E-state index is 0.0784. The van der Waals surface area contributed by atoms with Crippen molar-refractivity contribution in [3.8, 4) is 0 Å². The van der Waals surface area contributed by atoms with Crippen molar-refractivity contribution in [2.24, 2.45) is 0 Å². The first-order chi connectivity index (χ1) is 7.88. The summed E-state index contributed by atoms with van der Waals surface area (Å²) in [4.78, 5) is 22.0. The number of carbonyl (C=O) groups excluding carboxylic acids is 2. The van der Waals surface area contributed by atoms with E-state index in [9.17, 15) is 22.8 Å². The lowest BCUT2D eigenvalue weighted by Crippen LogP contribution is -2.35. The van der Waals surface area contributed by atoms with E-state index >= 15 is 0 Å². The molecule has 1 rings (SSSR count). The lowest BCUT2D eigenvalue weighted by atomic mass is 10.2. The van der Waals surface area contributed by atoms with Crippen LogP contribution in [-0.4, -0.2) is 24.8 Å². The van der Waals surface area contributed by atoms with Gasteiger partial charge >= 0.3 is 18.2 Å². The van der Waals surface area contributed by atoms with Gasteiger partial charge < -0.3 is 10.1 Å². The minimum Gasteiger partial charge on any atom is -0.373 e. The predicted molar refractivity (Wildman–Crippen MR) is 51.3 cm³/mol. The fourth-order valence-electron chi connectivity index (χ4n) is 0.926. The molecule has 0 spiro atoms. The number of hydrogen-bond donors (Lipinski definition) is 1. The Morgan fingerprint density at radius 3 is 2.29 bits per heavy atom. The van der Waals surface area contributed by atoms with Gasteiger partial charge in [-0.25, -0.2) is 9.59 Å². The lowest BCUT2D eigenvalue weighted by molar-refractivity contribution is -0.123. The summed E-state index contributed by atoms with van der Waals surface area (Å²) in [5, 5.41) is 1.42. The second kappa shape index (κ2) is 5.33. The molecular formula is C10H8F3NO3. The Kier molecular flexibility index (Phi) is 4.08. The van der Waals surface area contributed by atoms with Crippen molar-refractivity contribution in [1.82, 2.24) is 5.32 Å². The standard InChI is InChI=1S/C10H8F3NO3/c11-10(12,13)6-14-9(16)17-8(15)7-4-2-1-3-5-7/h1-5H,6H2,(H,14,16). The first-order valence-electron chi connectivity index (χ1n) is 4.50. The average Bonchev–Trinajstić information content (AvgIpc) is 2.27. The van der Waals surface area contributed by atoms with Crippen LogP contribution in [0.1, 0.15) is 10.4 Å². The third kappa shape index (κ3) is 5.01. The van der Waals surface area contributed by atoms with E-state index in [4.69, 9.17) is 0 Å². The lowest BCUT2D eigenvalue weighted by Gasteiger charge is -2.07. The fourth-order valence-corrected chi connectivity index (χ4v) is 0.926. The quantitative estimate of drug-likeness (QED) is 0.643. The van der Waals surface area contributed by atoms with Crippen molar-refractivity contribution >= 4 is 12.1 Å². The van der Waals surface area contributed by atoms with Gasteiger partial charge in [-0.3, -0.25) is 0 Å². The highest BCUT2D eigenvalue weighted by Gasteiger charge is 2.28. The molecule has 0 saturated carbocycles. The summed E-state index contributed by atoms with van der Waals surface area (Å²) in [6.45, 7) is -1.55. The highest BCUT2D eigenvalue weighted by atomic mass is 19.4. The number of nitrogens with one attached hydrogen (secondary N) is 1. The summed E-state index contributed by atoms with van der Waals surface area (Å²) >= 11 is 0. The predicted octanol–water partition coefficient (Wildman–Crippen LogP) is 2.12. The van der Waals surface area contributed by atoms with E-state index in [1.165, 1.54) is 29.6 Å². The van der Waals surface area contributed by atoms with Gasteiger partial charge in [-0.2, -0.15) is 13.2 Å². The largest absolute Gasteiger partial charge is 0.415 e. The van der Waals surface area contributed by atoms with E-state index in [2.05, 4.69) is 4.74 Å². The Bertz CT molecular complexity index is 403. The van der Waals surface area contributed by atoms with Crippen molar-refractivity contribution in [1.29, 1.82) is 0 Å². The Morgan fingerprint density at radius 2 is 1.76 bits per heavy atom. The maximum atomic E-state index is 11.7. The normalized spacial score (nSPS) is 10.8. The molecule has 0 fully saturated rings. The topological polar surface area (TPSA) is 55.4 Å². The molecule has 0 aliphatic carbocycles. The van der Waals surface area contributed by atoms with Gasteiger partial charge in [0.15, 0.2) is 0 Å². The monoisotopic (exact) mass is 247 g/mol. The van der Waals surface area contributed by atoms with E-state index in [0.717, 1.165) is 0 Å². The second-order valence-corrected chi connectivity index (χ2v) is 3.01. The van der Waals surface area contributed by atoms with Crippen molar-refractivity contribution in [3.05, 3.63) is 35.9 Å². The minimum atomic E-state index is -4.55. The molecule has 7 heteroatoms. The van der Waals surface area contributed by atoms with Gasteiger partial charge in [-0.1, -0.05) is 18.2 Å². The van der Waals surface area contributed by atoms with Crippen molar-refractivity contribution in [2.75, 3.05) is 6.54 Å². The van der Waals surface area contributed by atoms with E-state index in [1.807, 2.05) is 0 Å². The van der Waals surface area contributed by atoms with E-state index in [-0.39, 0.29) is 5.56 Å². The number of halogens is 3. The number of ether oxygens (including phenoxy) is 1. The number of esters is 1. The number of alkyl carbamates (subject to hydrolysis) is 1. The van der Waals surface area contributed by atoms with Gasteiger partial charge in [-0.05, 0) is 12.1 Å². The highest BCUT2D eigenvalue weighted by molar-refractivity contribution is 5.96. The molecule has 17 heavy (non-hydrogen) atoms. The van der Waals surface area contributed by atoms with Crippen LogP contribution >= 0.6 is 0 Å². The molecule has 0 aromatic heterocycles. The molecule has 0 heterocycles. The Labute approximate surface area is 94.4 Å². The van der Waals surface area contributed by atoms with Crippen LogP contribution in [0.25, 0.3) is 0 Å². The van der Waals surface area contributed by atoms with Crippen LogP contribution in [0.5, 0.6) is 0 Å². The Morgan fingerprint density at radius 1 is 1.18 bits per heavy atom. The van der Waals surface area contributed by atoms with Crippen LogP contribution < -0.4 is 5.32 Å². The molecule has 1 aromatic carbocycles. The maximum absolute atomic E-state index is 11.7. The maximum Gasteiger partial charge on any atom is 0.415 e. The molecule has 0 atom stereocenters. The molecule has 0 aliphatic heterocycles. The van der Waals surface area contributed by atoms with Crippen molar-refractivity contribution < 1.29 is 27.5 Å². The zero-order valence-corrected chi connectivity index (χ0v) is 8.45. The van der Waals surface area contributed by atoms with E-state index < -0.39 is 24.8 Å². The first-order valence-corrected chi connectivity index (χ1v) is 4.50. The summed E-state index contributed by atoms with van der Waals surface area (Å²) < 4.78 is 39.3. The summed E-state index contributed by atoms with van der Waals surface area (Å²) in [7, 11) is 0. The second-order valence-electron chi connectivity index (χ2n) is 3.01. The Balaban J connectivity index is 2.45. The third-order valence-electron chi connectivity index (χ3n) is 1.63. The molecular weight excluding hydrogens is 239 g/mol. The molecule has 1 aromatic rings. The molecule has 92 valence electrons. The molecule has 0 saturated heterocycles. The number of rotatable bonds is 2. The molecule has 0 aliphatic rings. The van der Waals surface area contributed by atoms with E-state index in [0.29, 0.717) is 0 Å². The van der Waals surface area contributed by atoms with Gasteiger partial charge in [0.1, 0.15) is 6.54 Å². The summed E-state index contributed by atoms with van der Waals surface area (Å²) in [6.07, 6.45) is -5.98. The molecule has 4 nitrogen and oxygen atoms in total. The van der Waals surface area contributed by atoms with Crippen LogP contribution in [-0.2, 0) is 4.74 Å². The average molecular weight is 247 g/mol. The van der Waals surface area contributed by atoms with Crippen LogP contribution in [0.15, 0.2) is 30.3 Å². The number of alkyl halides is 3. The smallest absolute Gasteiger partial charge is 0.373 e. The zero-order chi connectivity index (χ0) is 12.9. The summed E-state index contributed by atoms with van der Waals surface area (Å²) in [5.41, 5.74) is 0.0784. The molecule has 0 radical (unpaired) electrons. The SMILES string of the molecule is O=C(NCC(F)(F)F)OC(=O)c1ccccc1. The summed E-state index contributed by atoms with van der Waals surface area (Å²) in [6, 6.07) is 7.45. The number of amides is 1. The van der Waals surface area contributed by atoms with Gasteiger partial charge in [0.25, 0.3) is 0 Å². The van der Waals surface area contributed by atoms with E-state index in [1.54, 1.807) is 6.07 Å². The molecule has 0 bridgehead atoms. The van der Waals surface area contributed by atoms with Gasteiger partial charge in [0.2, 0.25) is 0 Å². The molecule has 1 amide bonds. The van der Waals surface area contributed by atoms with Crippen molar-refractivity contribution in [2.45, 2.75) is 6.18 Å². The van der Waals surface area contributed by atoms with Crippen LogP contribution in [0.2, 0.25) is 0 Å². The summed E-state index contributed by atoms with van der Waals surface area (Å²) in [5.74, 6) is -1.01. The van der Waals surface area contributed by atoms with Crippen LogP contribution in [0.3, 0.4) is 0 Å². The first kappa shape index (κ1) is 13.0. The molecule has 1 N–H and O–H groups in total. The third-order valence-corrected chi connectivity index (χ3v) is 1.63. The highest BCUT2D eigenvalue weighted by Crippen LogP contribution is 2.12. The molecule has 0 unspecified atom stereocenters. The zero-order valence-electron chi connectivity index (χ0n) is 8.45. The fraction of sp³-hybridized carbons (Fsp3) is 0.200. The van der Waals surface area contributed by atoms with Crippen molar-refractivity contribution in [3.63, 3.8) is 0 Å². The Hall–Kier alpha value is -2.05. The van der Waals surface area contributed by atoms with Gasteiger partial charge in [0, 0.05) is 0 Å². The van der Waals surface area contributed by atoms with Crippen LogP contribution in [0.4, 0.5) is 18.0 Å².